The maximum absolute atomic E-state index is 12.2. The molecule has 0 saturated carbocycles. The Bertz CT molecular complexity index is 870. The van der Waals surface area contributed by atoms with E-state index in [1.54, 1.807) is 30.3 Å². The summed E-state index contributed by atoms with van der Waals surface area (Å²) < 4.78 is 29.6. The molecule has 0 aliphatic rings. The van der Waals surface area contributed by atoms with Gasteiger partial charge in [-0.1, -0.05) is 42.5 Å². The Morgan fingerprint density at radius 1 is 1.12 bits per heavy atom. The molecule has 25 heavy (non-hydrogen) atoms. The minimum atomic E-state index is -4.33. The van der Waals surface area contributed by atoms with Crippen molar-refractivity contribution in [2.24, 2.45) is 0 Å². The van der Waals surface area contributed by atoms with E-state index in [2.05, 4.69) is 0 Å². The number of carbonyl (C=O) groups excluding carboxylic acids is 1. The number of benzene rings is 2. The van der Waals surface area contributed by atoms with E-state index in [1.807, 2.05) is 10.3 Å². The van der Waals surface area contributed by atoms with Crippen LogP contribution in [-0.2, 0) is 19.6 Å². The summed E-state index contributed by atoms with van der Waals surface area (Å²) in [7, 11) is -3.03. The van der Waals surface area contributed by atoms with Crippen LogP contribution in [0.5, 0.6) is 0 Å². The number of nitrogens with zero attached hydrogens (tertiary/aromatic N) is 1. The summed E-state index contributed by atoms with van der Waals surface area (Å²) in [6.07, 6.45) is -1.05. The number of para-hydroxylation sites is 1. The summed E-state index contributed by atoms with van der Waals surface area (Å²) in [5.74, 6) is -0.768. The number of nitro benzene ring substituents is 1. The van der Waals surface area contributed by atoms with Gasteiger partial charge in [0.1, 0.15) is 0 Å². The lowest BCUT2D eigenvalue weighted by atomic mass is 10.1. The van der Waals surface area contributed by atoms with Crippen LogP contribution in [0.3, 0.4) is 0 Å². The molecule has 0 fully saturated rings. The number of hydrogen-bond acceptors (Lipinski definition) is 6. The molecule has 0 aromatic heterocycles. The normalized spacial score (nSPS) is 12.4. The number of hydrogen-bond donors (Lipinski definition) is 2. The van der Waals surface area contributed by atoms with Crippen LogP contribution in [0.2, 0.25) is 0 Å². The number of amides is 1. The largest absolute Gasteiger partial charge is 0.367 e. The predicted octanol–water partition coefficient (Wildman–Crippen LogP) is 1.29. The van der Waals surface area contributed by atoms with E-state index in [0.29, 0.717) is 5.56 Å². The molecule has 132 valence electrons. The molecule has 1 amide bonds. The molecule has 0 unspecified atom stereocenters. The Balaban J connectivity index is 2.17. The Morgan fingerprint density at radius 3 is 2.32 bits per heavy atom. The zero-order valence-corrected chi connectivity index (χ0v) is 13.9. The fraction of sp³-hybridized carbons (Fsp3) is 0.133. The summed E-state index contributed by atoms with van der Waals surface area (Å²) in [6.45, 7) is 0. The number of sulfonamides is 1. The number of nitrogens with one attached hydrogen (secondary N) is 2. The highest BCUT2D eigenvalue weighted by Crippen LogP contribution is 2.22. The third kappa shape index (κ3) is 4.38. The topological polar surface area (TPSA) is 128 Å². The van der Waals surface area contributed by atoms with Gasteiger partial charge in [-0.2, -0.15) is 0 Å². The number of ether oxygens (including phenoxy) is 1. The Hall–Kier alpha value is -2.82. The van der Waals surface area contributed by atoms with E-state index in [-0.39, 0.29) is 0 Å². The Kier molecular flexibility index (Phi) is 5.80. The third-order valence-electron chi connectivity index (χ3n) is 3.24. The van der Waals surface area contributed by atoms with Crippen molar-refractivity contribution in [1.82, 2.24) is 10.3 Å². The fourth-order valence-corrected chi connectivity index (χ4v) is 3.12. The van der Waals surface area contributed by atoms with Gasteiger partial charge in [0.2, 0.25) is 0 Å². The van der Waals surface area contributed by atoms with Gasteiger partial charge in [-0.15, -0.1) is 4.83 Å². The van der Waals surface area contributed by atoms with E-state index in [1.165, 1.54) is 19.2 Å². The first kappa shape index (κ1) is 18.5. The van der Waals surface area contributed by atoms with Crippen LogP contribution in [0.4, 0.5) is 5.69 Å². The summed E-state index contributed by atoms with van der Waals surface area (Å²) >= 11 is 0. The summed E-state index contributed by atoms with van der Waals surface area (Å²) in [4.78, 5) is 23.6. The van der Waals surface area contributed by atoms with Crippen LogP contribution in [0, 0.1) is 10.1 Å². The van der Waals surface area contributed by atoms with Crippen molar-refractivity contribution in [3.63, 3.8) is 0 Å². The molecule has 0 radical (unpaired) electrons. The molecular formula is C15H15N3O6S. The van der Waals surface area contributed by atoms with Gasteiger partial charge in [-0.05, 0) is 11.6 Å². The SMILES string of the molecule is CO[C@@H](C(=O)NNS(=O)(=O)c1ccccc1[N+](=O)[O-])c1ccccc1. The highest BCUT2D eigenvalue weighted by atomic mass is 32.2. The number of nitro groups is 1. The van der Waals surface area contributed by atoms with Gasteiger partial charge in [-0.25, -0.2) is 8.42 Å². The standard InChI is InChI=1S/C15H15N3O6S/c1-24-14(11-7-3-2-4-8-11)15(19)16-17-25(22,23)13-10-6-5-9-12(13)18(20)21/h2-10,14,17H,1H3,(H,16,19)/t14-/m1/s1. The van der Waals surface area contributed by atoms with Gasteiger partial charge in [0.05, 0.1) is 4.92 Å². The Labute approximate surface area is 143 Å². The van der Waals surface area contributed by atoms with E-state index >= 15 is 0 Å². The average Bonchev–Trinajstić information content (AvgIpc) is 2.61. The third-order valence-corrected chi connectivity index (χ3v) is 4.53. The van der Waals surface area contributed by atoms with Crippen molar-refractivity contribution in [3.05, 3.63) is 70.3 Å². The molecule has 0 bridgehead atoms. The molecule has 0 aliphatic heterocycles. The first-order chi connectivity index (χ1) is 11.9. The second-order valence-electron chi connectivity index (χ2n) is 4.85. The minimum absolute atomic E-state index is 0.521. The zero-order chi connectivity index (χ0) is 18.4. The van der Waals surface area contributed by atoms with Gasteiger partial charge in [0, 0.05) is 13.2 Å². The van der Waals surface area contributed by atoms with Crippen LogP contribution in [0.1, 0.15) is 11.7 Å². The molecule has 0 saturated heterocycles. The van der Waals surface area contributed by atoms with Crippen LogP contribution in [0.25, 0.3) is 0 Å². The second-order valence-corrected chi connectivity index (χ2v) is 6.50. The van der Waals surface area contributed by atoms with E-state index in [0.717, 1.165) is 12.1 Å². The molecule has 2 aromatic rings. The lowest BCUT2D eigenvalue weighted by Crippen LogP contribution is -2.44. The molecular weight excluding hydrogens is 350 g/mol. The second kappa shape index (κ2) is 7.83. The zero-order valence-electron chi connectivity index (χ0n) is 13.1. The Morgan fingerprint density at radius 2 is 1.72 bits per heavy atom. The minimum Gasteiger partial charge on any atom is -0.367 e. The maximum Gasteiger partial charge on any atom is 0.289 e. The molecule has 10 heteroatoms. The van der Waals surface area contributed by atoms with E-state index in [4.69, 9.17) is 4.74 Å². The van der Waals surface area contributed by atoms with E-state index < -0.39 is 37.5 Å². The molecule has 0 spiro atoms. The van der Waals surface area contributed by atoms with Crippen molar-refractivity contribution in [2.75, 3.05) is 7.11 Å². The highest BCUT2D eigenvalue weighted by molar-refractivity contribution is 7.89. The molecule has 2 aromatic carbocycles. The van der Waals surface area contributed by atoms with Crippen LogP contribution < -0.4 is 10.3 Å². The molecule has 1 atom stereocenters. The summed E-state index contributed by atoms with van der Waals surface area (Å²) in [5, 5.41) is 11.0. The monoisotopic (exact) mass is 365 g/mol. The number of methoxy groups -OCH3 is 1. The van der Waals surface area contributed by atoms with Crippen LogP contribution in [0.15, 0.2) is 59.5 Å². The predicted molar refractivity (Wildman–Crippen MR) is 87.8 cm³/mol. The van der Waals surface area contributed by atoms with Gasteiger partial charge in [0.25, 0.3) is 21.6 Å². The lowest BCUT2D eigenvalue weighted by Gasteiger charge is -2.16. The van der Waals surface area contributed by atoms with Gasteiger partial charge < -0.3 is 4.74 Å². The summed E-state index contributed by atoms with van der Waals surface area (Å²) in [6, 6.07) is 13.2. The van der Waals surface area contributed by atoms with Crippen molar-refractivity contribution in [3.8, 4) is 0 Å². The average molecular weight is 365 g/mol. The number of hydrazine groups is 1. The van der Waals surface area contributed by atoms with Crippen LogP contribution in [-0.4, -0.2) is 26.4 Å². The quantitative estimate of drug-likeness (QED) is 0.562. The number of carbonyl (C=O) groups is 1. The fourth-order valence-electron chi connectivity index (χ4n) is 2.10. The lowest BCUT2D eigenvalue weighted by molar-refractivity contribution is -0.387. The van der Waals surface area contributed by atoms with Crippen molar-refractivity contribution >= 4 is 21.6 Å². The number of rotatable bonds is 7. The van der Waals surface area contributed by atoms with Gasteiger partial charge in [0.15, 0.2) is 11.0 Å². The molecule has 0 aliphatic carbocycles. The highest BCUT2D eigenvalue weighted by Gasteiger charge is 2.27. The van der Waals surface area contributed by atoms with Crippen molar-refractivity contribution in [1.29, 1.82) is 0 Å². The first-order valence-corrected chi connectivity index (χ1v) is 8.48. The smallest absolute Gasteiger partial charge is 0.289 e. The molecule has 9 nitrogen and oxygen atoms in total. The first-order valence-electron chi connectivity index (χ1n) is 6.99. The van der Waals surface area contributed by atoms with Gasteiger partial charge >= 0.3 is 0 Å². The van der Waals surface area contributed by atoms with E-state index in [9.17, 15) is 23.3 Å². The van der Waals surface area contributed by atoms with Gasteiger partial charge in [-0.3, -0.25) is 20.3 Å². The maximum atomic E-state index is 12.2. The molecule has 2 rings (SSSR count). The summed E-state index contributed by atoms with van der Waals surface area (Å²) in [5.41, 5.74) is 1.93. The van der Waals surface area contributed by atoms with Crippen LogP contribution >= 0.6 is 0 Å². The molecule has 2 N–H and O–H groups in total. The molecule has 0 heterocycles. The van der Waals surface area contributed by atoms with Crippen molar-refractivity contribution in [2.45, 2.75) is 11.0 Å². The van der Waals surface area contributed by atoms with Crippen molar-refractivity contribution < 1.29 is 22.9 Å².